The SMILES string of the molecule is CCOC(=O)c1c(C)[nH]c(C(=O)OCC(=O)N[C@@H](C)c2ccc(Cl)cc2)c1C. The quantitative estimate of drug-likeness (QED) is 0.686. The Kier molecular flexibility index (Phi) is 7.23. The van der Waals surface area contributed by atoms with Crippen molar-refractivity contribution in [3.05, 3.63) is 57.4 Å². The molecule has 1 heterocycles. The van der Waals surface area contributed by atoms with Gasteiger partial charge in [0.25, 0.3) is 5.91 Å². The van der Waals surface area contributed by atoms with Gasteiger partial charge >= 0.3 is 11.9 Å². The van der Waals surface area contributed by atoms with Gasteiger partial charge in [-0.2, -0.15) is 0 Å². The highest BCUT2D eigenvalue weighted by Gasteiger charge is 2.24. The van der Waals surface area contributed by atoms with Crippen LogP contribution in [0.4, 0.5) is 0 Å². The molecule has 0 spiro atoms. The van der Waals surface area contributed by atoms with E-state index in [1.165, 1.54) is 0 Å². The van der Waals surface area contributed by atoms with E-state index < -0.39 is 24.5 Å². The van der Waals surface area contributed by atoms with Crippen molar-refractivity contribution in [2.45, 2.75) is 33.7 Å². The minimum atomic E-state index is -0.717. The molecule has 2 rings (SSSR count). The van der Waals surface area contributed by atoms with Crippen LogP contribution in [0.2, 0.25) is 5.02 Å². The van der Waals surface area contributed by atoms with Crippen molar-refractivity contribution in [2.75, 3.05) is 13.2 Å². The summed E-state index contributed by atoms with van der Waals surface area (Å²) in [6.45, 7) is 6.59. The zero-order valence-electron chi connectivity index (χ0n) is 16.2. The van der Waals surface area contributed by atoms with Crippen molar-refractivity contribution in [3.8, 4) is 0 Å². The van der Waals surface area contributed by atoms with Crippen molar-refractivity contribution in [2.24, 2.45) is 0 Å². The molecule has 1 aromatic heterocycles. The Morgan fingerprint density at radius 3 is 2.36 bits per heavy atom. The minimum Gasteiger partial charge on any atom is -0.462 e. The van der Waals surface area contributed by atoms with Crippen LogP contribution in [0.25, 0.3) is 0 Å². The van der Waals surface area contributed by atoms with Crippen molar-refractivity contribution >= 4 is 29.4 Å². The molecule has 0 radical (unpaired) electrons. The van der Waals surface area contributed by atoms with Crippen molar-refractivity contribution in [3.63, 3.8) is 0 Å². The summed E-state index contributed by atoms with van der Waals surface area (Å²) in [6.07, 6.45) is 0. The number of aromatic nitrogens is 1. The molecule has 0 bridgehead atoms. The number of rotatable bonds is 7. The number of carbonyl (C=O) groups is 3. The van der Waals surface area contributed by atoms with Crippen LogP contribution in [-0.4, -0.2) is 36.0 Å². The fraction of sp³-hybridized carbons (Fsp3) is 0.350. The van der Waals surface area contributed by atoms with Gasteiger partial charge in [-0.25, -0.2) is 9.59 Å². The normalized spacial score (nSPS) is 11.6. The van der Waals surface area contributed by atoms with Gasteiger partial charge in [0.05, 0.1) is 18.2 Å². The fourth-order valence-electron chi connectivity index (χ4n) is 2.78. The highest BCUT2D eigenvalue weighted by atomic mass is 35.5. The lowest BCUT2D eigenvalue weighted by Gasteiger charge is -2.14. The number of aryl methyl sites for hydroxylation is 1. The summed E-state index contributed by atoms with van der Waals surface area (Å²) >= 11 is 5.85. The molecule has 0 fully saturated rings. The van der Waals surface area contributed by atoms with Gasteiger partial charge in [0.2, 0.25) is 0 Å². The maximum absolute atomic E-state index is 12.3. The van der Waals surface area contributed by atoms with E-state index in [0.29, 0.717) is 21.8 Å². The van der Waals surface area contributed by atoms with Gasteiger partial charge in [0.1, 0.15) is 5.69 Å². The monoisotopic (exact) mass is 406 g/mol. The second kappa shape index (κ2) is 9.41. The molecule has 0 saturated carbocycles. The maximum atomic E-state index is 12.3. The van der Waals surface area contributed by atoms with Gasteiger partial charge in [0, 0.05) is 10.7 Å². The zero-order valence-corrected chi connectivity index (χ0v) is 17.0. The molecule has 0 saturated heterocycles. The number of hydrogen-bond acceptors (Lipinski definition) is 5. The van der Waals surface area contributed by atoms with E-state index in [-0.39, 0.29) is 18.3 Å². The van der Waals surface area contributed by atoms with Crippen LogP contribution in [0.5, 0.6) is 0 Å². The number of esters is 2. The molecule has 0 aliphatic rings. The molecule has 150 valence electrons. The van der Waals surface area contributed by atoms with E-state index in [1.807, 2.05) is 6.92 Å². The molecular formula is C20H23ClN2O5. The summed E-state index contributed by atoms with van der Waals surface area (Å²) in [6, 6.07) is 6.81. The van der Waals surface area contributed by atoms with Crippen LogP contribution >= 0.6 is 11.6 Å². The maximum Gasteiger partial charge on any atom is 0.355 e. The number of ether oxygens (including phenoxy) is 2. The molecule has 0 aliphatic heterocycles. The fourth-order valence-corrected chi connectivity index (χ4v) is 2.91. The second-order valence-corrected chi connectivity index (χ2v) is 6.70. The van der Waals surface area contributed by atoms with E-state index in [4.69, 9.17) is 21.1 Å². The van der Waals surface area contributed by atoms with Crippen LogP contribution in [0.3, 0.4) is 0 Å². The smallest absolute Gasteiger partial charge is 0.355 e. The van der Waals surface area contributed by atoms with E-state index in [9.17, 15) is 14.4 Å². The van der Waals surface area contributed by atoms with Gasteiger partial charge in [-0.3, -0.25) is 4.79 Å². The Labute approximate surface area is 168 Å². The molecule has 1 amide bonds. The average Bonchev–Trinajstić information content (AvgIpc) is 2.94. The summed E-state index contributed by atoms with van der Waals surface area (Å²) in [5, 5.41) is 3.35. The number of halogens is 1. The zero-order chi connectivity index (χ0) is 20.8. The Bertz CT molecular complexity index is 873. The summed E-state index contributed by atoms with van der Waals surface area (Å²) in [4.78, 5) is 39.2. The molecule has 7 nitrogen and oxygen atoms in total. The van der Waals surface area contributed by atoms with E-state index in [0.717, 1.165) is 5.56 Å². The number of nitrogens with one attached hydrogen (secondary N) is 2. The van der Waals surface area contributed by atoms with Crippen molar-refractivity contribution in [1.82, 2.24) is 10.3 Å². The van der Waals surface area contributed by atoms with Crippen LogP contribution < -0.4 is 5.32 Å². The van der Waals surface area contributed by atoms with Gasteiger partial charge in [0.15, 0.2) is 6.61 Å². The van der Waals surface area contributed by atoms with Crippen LogP contribution in [0.1, 0.15) is 57.6 Å². The predicted molar refractivity (Wildman–Crippen MR) is 105 cm³/mol. The molecule has 28 heavy (non-hydrogen) atoms. The third kappa shape index (κ3) is 5.13. The first kappa shape index (κ1) is 21.5. The summed E-state index contributed by atoms with van der Waals surface area (Å²) in [7, 11) is 0. The number of hydrogen-bond donors (Lipinski definition) is 2. The number of carbonyl (C=O) groups excluding carboxylic acids is 3. The predicted octanol–water partition coefficient (Wildman–Crippen LogP) is 3.50. The summed E-state index contributed by atoms with van der Waals surface area (Å²) < 4.78 is 10.1. The van der Waals surface area contributed by atoms with E-state index in [2.05, 4.69) is 10.3 Å². The van der Waals surface area contributed by atoms with Crippen molar-refractivity contribution < 1.29 is 23.9 Å². The number of benzene rings is 1. The Hall–Kier alpha value is -2.80. The van der Waals surface area contributed by atoms with Gasteiger partial charge in [-0.1, -0.05) is 23.7 Å². The van der Waals surface area contributed by atoms with E-state index >= 15 is 0 Å². The van der Waals surface area contributed by atoms with E-state index in [1.54, 1.807) is 45.0 Å². The number of amides is 1. The largest absolute Gasteiger partial charge is 0.462 e. The molecule has 1 aromatic carbocycles. The minimum absolute atomic E-state index is 0.124. The lowest BCUT2D eigenvalue weighted by Crippen LogP contribution is -2.31. The van der Waals surface area contributed by atoms with Crippen LogP contribution in [-0.2, 0) is 14.3 Å². The Balaban J connectivity index is 1.96. The van der Waals surface area contributed by atoms with Gasteiger partial charge in [-0.15, -0.1) is 0 Å². The molecule has 0 aliphatic carbocycles. The first-order valence-electron chi connectivity index (χ1n) is 8.82. The van der Waals surface area contributed by atoms with Gasteiger partial charge < -0.3 is 19.8 Å². The summed E-state index contributed by atoms with van der Waals surface area (Å²) in [5.74, 6) is -1.67. The van der Waals surface area contributed by atoms with Crippen molar-refractivity contribution in [1.29, 1.82) is 0 Å². The molecule has 2 aromatic rings. The third-order valence-corrected chi connectivity index (χ3v) is 4.46. The lowest BCUT2D eigenvalue weighted by atomic mass is 10.1. The average molecular weight is 407 g/mol. The second-order valence-electron chi connectivity index (χ2n) is 6.26. The highest BCUT2D eigenvalue weighted by Crippen LogP contribution is 2.20. The highest BCUT2D eigenvalue weighted by molar-refractivity contribution is 6.30. The first-order valence-corrected chi connectivity index (χ1v) is 9.20. The Morgan fingerprint density at radius 2 is 1.75 bits per heavy atom. The topological polar surface area (TPSA) is 97.5 Å². The van der Waals surface area contributed by atoms with Crippen LogP contribution in [0.15, 0.2) is 24.3 Å². The lowest BCUT2D eigenvalue weighted by molar-refractivity contribution is -0.124. The summed E-state index contributed by atoms with van der Waals surface area (Å²) in [5.41, 5.74) is 2.23. The third-order valence-electron chi connectivity index (χ3n) is 4.20. The van der Waals surface area contributed by atoms with Crippen LogP contribution in [0, 0.1) is 13.8 Å². The number of H-pyrrole nitrogens is 1. The first-order chi connectivity index (χ1) is 13.2. The molecule has 2 N–H and O–H groups in total. The molecule has 8 heteroatoms. The Morgan fingerprint density at radius 1 is 1.11 bits per heavy atom. The molecule has 1 atom stereocenters. The standard InChI is InChI=1S/C20H23ClN2O5/c1-5-27-19(25)17-11(2)18(23-13(17)4)20(26)28-10-16(24)22-12(3)14-6-8-15(21)9-7-14/h6-9,12,23H,5,10H2,1-4H3,(H,22,24)/t12-/m0/s1. The van der Waals surface area contributed by atoms with Gasteiger partial charge in [-0.05, 0) is 51.0 Å². The molecular weight excluding hydrogens is 384 g/mol. The number of aromatic amines is 1. The molecule has 0 unspecified atom stereocenters.